The monoisotopic (exact) mass is 262 g/mol. The van der Waals surface area contributed by atoms with Crippen LogP contribution in [0.5, 0.6) is 0 Å². The molecule has 19 heavy (non-hydrogen) atoms. The average molecular weight is 262 g/mol. The smallest absolute Gasteiger partial charge is 0.335 e. The van der Waals surface area contributed by atoms with Crippen molar-refractivity contribution in [2.45, 2.75) is 13.0 Å². The largest absolute Gasteiger partial charge is 0.478 e. The SMILES string of the molecule is O=C1CC(C(=O)NCc2ccc(C(=O)O)cc2)CN1. The van der Waals surface area contributed by atoms with Gasteiger partial charge in [0.1, 0.15) is 0 Å². The maximum Gasteiger partial charge on any atom is 0.335 e. The van der Waals surface area contributed by atoms with Gasteiger partial charge in [0.2, 0.25) is 11.8 Å². The van der Waals surface area contributed by atoms with E-state index >= 15 is 0 Å². The topological polar surface area (TPSA) is 95.5 Å². The van der Waals surface area contributed by atoms with E-state index in [1.165, 1.54) is 12.1 Å². The third-order valence-corrected chi connectivity index (χ3v) is 3.02. The number of benzene rings is 1. The molecule has 1 fully saturated rings. The van der Waals surface area contributed by atoms with Gasteiger partial charge in [-0.25, -0.2) is 4.79 Å². The van der Waals surface area contributed by atoms with E-state index in [-0.39, 0.29) is 29.7 Å². The van der Waals surface area contributed by atoms with Gasteiger partial charge in [0.05, 0.1) is 11.5 Å². The first-order valence-electron chi connectivity index (χ1n) is 5.93. The first-order chi connectivity index (χ1) is 9.06. The maximum absolute atomic E-state index is 11.7. The molecular formula is C13H14N2O4. The summed E-state index contributed by atoms with van der Waals surface area (Å²) in [5, 5.41) is 14.1. The van der Waals surface area contributed by atoms with Gasteiger partial charge in [-0.3, -0.25) is 9.59 Å². The minimum Gasteiger partial charge on any atom is -0.478 e. The standard InChI is InChI=1S/C13H14N2O4/c16-11-5-10(7-14-11)12(17)15-6-8-1-3-9(4-2-8)13(18)19/h1-4,10H,5-7H2,(H,14,16)(H,15,17)(H,18,19). The Balaban J connectivity index is 1.86. The Morgan fingerprint density at radius 1 is 1.32 bits per heavy atom. The average Bonchev–Trinajstić information content (AvgIpc) is 2.83. The molecule has 100 valence electrons. The predicted octanol–water partition coefficient (Wildman–Crippen LogP) is 0.137. The van der Waals surface area contributed by atoms with Gasteiger partial charge in [-0.05, 0) is 17.7 Å². The van der Waals surface area contributed by atoms with Crippen LogP contribution in [0.15, 0.2) is 24.3 Å². The highest BCUT2D eigenvalue weighted by atomic mass is 16.4. The van der Waals surface area contributed by atoms with Crippen molar-refractivity contribution in [3.05, 3.63) is 35.4 Å². The molecule has 0 spiro atoms. The highest BCUT2D eigenvalue weighted by molar-refractivity contribution is 5.89. The second kappa shape index (κ2) is 5.51. The second-order valence-electron chi connectivity index (χ2n) is 4.43. The van der Waals surface area contributed by atoms with Crippen molar-refractivity contribution in [1.29, 1.82) is 0 Å². The third kappa shape index (κ3) is 3.31. The lowest BCUT2D eigenvalue weighted by Crippen LogP contribution is -2.31. The Morgan fingerprint density at radius 3 is 2.53 bits per heavy atom. The van der Waals surface area contributed by atoms with Crippen LogP contribution in [0.1, 0.15) is 22.3 Å². The lowest BCUT2D eigenvalue weighted by Gasteiger charge is -2.09. The van der Waals surface area contributed by atoms with Crippen LogP contribution < -0.4 is 10.6 Å². The number of aromatic carboxylic acids is 1. The van der Waals surface area contributed by atoms with Gasteiger partial charge in [0.15, 0.2) is 0 Å². The molecule has 0 saturated carbocycles. The quantitative estimate of drug-likeness (QED) is 0.719. The number of carboxylic acid groups (broad SMARTS) is 1. The predicted molar refractivity (Wildman–Crippen MR) is 66.4 cm³/mol. The van der Waals surface area contributed by atoms with Crippen molar-refractivity contribution in [2.75, 3.05) is 6.54 Å². The molecule has 0 radical (unpaired) electrons. The van der Waals surface area contributed by atoms with Crippen molar-refractivity contribution < 1.29 is 19.5 Å². The first-order valence-corrected chi connectivity index (χ1v) is 5.93. The number of rotatable bonds is 4. The molecule has 6 heteroatoms. The van der Waals surface area contributed by atoms with Gasteiger partial charge in [-0.15, -0.1) is 0 Å². The summed E-state index contributed by atoms with van der Waals surface area (Å²) in [5.41, 5.74) is 1.02. The van der Waals surface area contributed by atoms with E-state index in [9.17, 15) is 14.4 Å². The molecule has 0 aliphatic carbocycles. The van der Waals surface area contributed by atoms with E-state index < -0.39 is 5.97 Å². The molecule has 1 unspecified atom stereocenters. The molecule has 1 aliphatic rings. The van der Waals surface area contributed by atoms with Gasteiger partial charge in [0.25, 0.3) is 0 Å². The fourth-order valence-electron chi connectivity index (χ4n) is 1.89. The van der Waals surface area contributed by atoms with Crippen molar-refractivity contribution in [1.82, 2.24) is 10.6 Å². The number of hydrogen-bond donors (Lipinski definition) is 3. The molecule has 0 bridgehead atoms. The van der Waals surface area contributed by atoms with E-state index in [0.717, 1.165) is 5.56 Å². The van der Waals surface area contributed by atoms with Crippen LogP contribution in [0.4, 0.5) is 0 Å². The van der Waals surface area contributed by atoms with Crippen LogP contribution in [0, 0.1) is 5.92 Å². The number of carboxylic acids is 1. The Hall–Kier alpha value is -2.37. The van der Waals surface area contributed by atoms with E-state index in [4.69, 9.17) is 5.11 Å². The van der Waals surface area contributed by atoms with Gasteiger partial charge >= 0.3 is 5.97 Å². The summed E-state index contributed by atoms with van der Waals surface area (Å²) in [4.78, 5) is 33.4. The lowest BCUT2D eigenvalue weighted by molar-refractivity contribution is -0.126. The molecule has 1 aromatic rings. The molecule has 1 aliphatic heterocycles. The third-order valence-electron chi connectivity index (χ3n) is 3.02. The van der Waals surface area contributed by atoms with Crippen molar-refractivity contribution in [3.8, 4) is 0 Å². The molecule has 1 saturated heterocycles. The number of hydrogen-bond acceptors (Lipinski definition) is 3. The van der Waals surface area contributed by atoms with Gasteiger partial charge in [-0.1, -0.05) is 12.1 Å². The van der Waals surface area contributed by atoms with Crippen LogP contribution in [0.25, 0.3) is 0 Å². The normalized spacial score (nSPS) is 17.9. The van der Waals surface area contributed by atoms with Crippen LogP contribution in [0.2, 0.25) is 0 Å². The first kappa shape index (κ1) is 13.1. The Labute approximate surface area is 109 Å². The minimum atomic E-state index is -0.980. The van der Waals surface area contributed by atoms with Gasteiger partial charge in [0, 0.05) is 19.5 Å². The summed E-state index contributed by atoms with van der Waals surface area (Å²) < 4.78 is 0. The molecule has 6 nitrogen and oxygen atoms in total. The summed E-state index contributed by atoms with van der Waals surface area (Å²) >= 11 is 0. The lowest BCUT2D eigenvalue weighted by atomic mass is 10.1. The molecule has 1 aromatic carbocycles. The Morgan fingerprint density at radius 2 is 2.00 bits per heavy atom. The van der Waals surface area contributed by atoms with Crippen molar-refractivity contribution in [3.63, 3.8) is 0 Å². The van der Waals surface area contributed by atoms with E-state index in [1.54, 1.807) is 12.1 Å². The zero-order valence-electron chi connectivity index (χ0n) is 10.2. The number of carbonyl (C=O) groups is 3. The molecule has 1 atom stereocenters. The van der Waals surface area contributed by atoms with E-state index in [2.05, 4.69) is 10.6 Å². The van der Waals surface area contributed by atoms with Crippen LogP contribution in [0.3, 0.4) is 0 Å². The summed E-state index contributed by atoms with van der Waals surface area (Å²) in [6.07, 6.45) is 0.226. The maximum atomic E-state index is 11.7. The van der Waals surface area contributed by atoms with Crippen molar-refractivity contribution >= 4 is 17.8 Å². The van der Waals surface area contributed by atoms with Crippen LogP contribution in [-0.4, -0.2) is 29.4 Å². The number of amides is 2. The van der Waals surface area contributed by atoms with Crippen LogP contribution in [-0.2, 0) is 16.1 Å². The minimum absolute atomic E-state index is 0.106. The molecule has 3 N–H and O–H groups in total. The highest BCUT2D eigenvalue weighted by Gasteiger charge is 2.27. The van der Waals surface area contributed by atoms with Crippen LogP contribution >= 0.6 is 0 Å². The molecular weight excluding hydrogens is 248 g/mol. The Kier molecular flexibility index (Phi) is 3.79. The number of carbonyl (C=O) groups excluding carboxylic acids is 2. The second-order valence-corrected chi connectivity index (χ2v) is 4.43. The molecule has 0 aromatic heterocycles. The zero-order chi connectivity index (χ0) is 13.8. The summed E-state index contributed by atoms with van der Waals surface area (Å²) in [6, 6.07) is 6.29. The summed E-state index contributed by atoms with van der Waals surface area (Å²) in [7, 11) is 0. The van der Waals surface area contributed by atoms with E-state index in [1.807, 2.05) is 0 Å². The highest BCUT2D eigenvalue weighted by Crippen LogP contribution is 2.09. The Bertz CT molecular complexity index is 510. The zero-order valence-corrected chi connectivity index (χ0v) is 10.2. The molecule has 2 amide bonds. The van der Waals surface area contributed by atoms with Gasteiger partial charge < -0.3 is 15.7 Å². The number of nitrogens with one attached hydrogen (secondary N) is 2. The fourth-order valence-corrected chi connectivity index (χ4v) is 1.89. The molecule has 1 heterocycles. The summed E-state index contributed by atoms with van der Waals surface area (Å²) in [5.74, 6) is -1.57. The van der Waals surface area contributed by atoms with Crippen molar-refractivity contribution in [2.24, 2.45) is 5.92 Å². The summed E-state index contributed by atoms with van der Waals surface area (Å²) in [6.45, 7) is 0.700. The van der Waals surface area contributed by atoms with E-state index in [0.29, 0.717) is 13.1 Å². The fraction of sp³-hybridized carbons (Fsp3) is 0.308. The molecule has 2 rings (SSSR count). The van der Waals surface area contributed by atoms with Gasteiger partial charge in [-0.2, -0.15) is 0 Å².